The Morgan fingerprint density at radius 2 is 2.12 bits per heavy atom. The first-order valence-corrected chi connectivity index (χ1v) is 8.29. The Labute approximate surface area is 141 Å². The molecule has 1 atom stereocenters. The number of nitrogens with one attached hydrogen (secondary N) is 3. The minimum absolute atomic E-state index is 0.0906. The number of aryl methyl sites for hydroxylation is 1. The van der Waals surface area contributed by atoms with Gasteiger partial charge in [0.05, 0.1) is 6.54 Å². The maximum absolute atomic E-state index is 11.5. The minimum Gasteiger partial charge on any atom is -0.355 e. The summed E-state index contributed by atoms with van der Waals surface area (Å²) in [5, 5.41) is 9.11. The van der Waals surface area contributed by atoms with E-state index in [1.165, 1.54) is 16.0 Å². The molecule has 7 nitrogen and oxygen atoms in total. The Balaban J connectivity index is 1.47. The molecule has 0 spiro atoms. The smallest absolute Gasteiger partial charge is 0.324 e. The molecular formula is C17H23N5O2. The second-order valence-corrected chi connectivity index (χ2v) is 6.06. The van der Waals surface area contributed by atoms with Crippen molar-refractivity contribution >= 4 is 17.9 Å². The van der Waals surface area contributed by atoms with Crippen LogP contribution in [0.4, 0.5) is 4.79 Å². The van der Waals surface area contributed by atoms with Crippen LogP contribution in [-0.4, -0.2) is 55.5 Å². The lowest BCUT2D eigenvalue weighted by Crippen LogP contribution is -2.48. The number of imide groups is 1. The highest BCUT2D eigenvalue weighted by molar-refractivity contribution is 6.01. The Bertz CT molecular complexity index is 642. The molecule has 0 saturated carbocycles. The highest BCUT2D eigenvalue weighted by Gasteiger charge is 2.27. The van der Waals surface area contributed by atoms with Gasteiger partial charge in [-0.15, -0.1) is 0 Å². The summed E-state index contributed by atoms with van der Waals surface area (Å²) in [6, 6.07) is 8.54. The number of rotatable bonds is 4. The molecule has 1 aliphatic carbocycles. The molecule has 1 aliphatic heterocycles. The average molecular weight is 329 g/mol. The predicted octanol–water partition coefficient (Wildman–Crippen LogP) is 0.261. The van der Waals surface area contributed by atoms with Crippen molar-refractivity contribution in [3.63, 3.8) is 0 Å². The standard InChI is InChI=1S/C17H23N5O2/c1-18-16(19-8-9-22-15(23)11-20-17(22)24)21-14-7-6-12-4-2-3-5-13(12)10-14/h2-5,14H,6-11H2,1H3,(H,20,24)(H2,18,19,21). The van der Waals surface area contributed by atoms with E-state index in [2.05, 4.69) is 45.2 Å². The molecule has 1 aromatic rings. The van der Waals surface area contributed by atoms with Crippen LogP contribution in [0.3, 0.4) is 0 Å². The normalized spacial score (nSPS) is 20.6. The first-order chi connectivity index (χ1) is 11.7. The van der Waals surface area contributed by atoms with E-state index in [1.54, 1.807) is 7.05 Å². The molecule has 24 heavy (non-hydrogen) atoms. The third kappa shape index (κ3) is 3.67. The molecule has 128 valence electrons. The summed E-state index contributed by atoms with van der Waals surface area (Å²) in [6.07, 6.45) is 3.10. The number of nitrogens with zero attached hydrogens (tertiary/aromatic N) is 2. The molecule has 1 fully saturated rings. The van der Waals surface area contributed by atoms with Crippen LogP contribution < -0.4 is 16.0 Å². The number of fused-ring (bicyclic) bond motifs is 1. The number of guanidine groups is 1. The molecule has 3 amide bonds. The van der Waals surface area contributed by atoms with Gasteiger partial charge in [0, 0.05) is 26.2 Å². The molecule has 1 heterocycles. The SMILES string of the molecule is CN=C(NCCN1C(=O)CNC1=O)NC1CCc2ccccc2C1. The van der Waals surface area contributed by atoms with Crippen LogP contribution in [0, 0.1) is 0 Å². The lowest BCUT2D eigenvalue weighted by Gasteiger charge is -2.27. The summed E-state index contributed by atoms with van der Waals surface area (Å²) < 4.78 is 0. The molecule has 2 aliphatic rings. The predicted molar refractivity (Wildman–Crippen MR) is 91.9 cm³/mol. The fraction of sp³-hybridized carbons (Fsp3) is 0.471. The van der Waals surface area contributed by atoms with Gasteiger partial charge >= 0.3 is 6.03 Å². The Morgan fingerprint density at radius 1 is 1.33 bits per heavy atom. The quantitative estimate of drug-likeness (QED) is 0.420. The number of aliphatic imine (C=N–C) groups is 1. The van der Waals surface area contributed by atoms with Crippen molar-refractivity contribution in [2.45, 2.75) is 25.3 Å². The number of hydrogen-bond donors (Lipinski definition) is 3. The Kier molecular flexibility index (Phi) is 4.98. The maximum Gasteiger partial charge on any atom is 0.324 e. The maximum atomic E-state index is 11.5. The molecular weight excluding hydrogens is 306 g/mol. The first-order valence-electron chi connectivity index (χ1n) is 8.29. The first kappa shape index (κ1) is 16.3. The molecule has 0 aromatic heterocycles. The Morgan fingerprint density at radius 3 is 2.83 bits per heavy atom. The number of carbonyl (C=O) groups excluding carboxylic acids is 2. The zero-order valence-corrected chi connectivity index (χ0v) is 13.8. The average Bonchev–Trinajstić information content (AvgIpc) is 2.92. The van der Waals surface area contributed by atoms with E-state index >= 15 is 0 Å². The van der Waals surface area contributed by atoms with E-state index < -0.39 is 0 Å². The summed E-state index contributed by atoms with van der Waals surface area (Å²) in [5.41, 5.74) is 2.81. The summed E-state index contributed by atoms with van der Waals surface area (Å²) in [7, 11) is 1.72. The highest BCUT2D eigenvalue weighted by atomic mass is 16.2. The second-order valence-electron chi connectivity index (χ2n) is 6.06. The number of amides is 3. The number of benzene rings is 1. The van der Waals surface area contributed by atoms with Gasteiger partial charge < -0.3 is 16.0 Å². The van der Waals surface area contributed by atoms with Gasteiger partial charge in [-0.1, -0.05) is 24.3 Å². The van der Waals surface area contributed by atoms with Gasteiger partial charge in [0.1, 0.15) is 0 Å². The van der Waals surface area contributed by atoms with Crippen LogP contribution in [0.25, 0.3) is 0 Å². The summed E-state index contributed by atoms with van der Waals surface area (Å²) in [5.74, 6) is 0.514. The Hall–Kier alpha value is -2.57. The number of hydrogen-bond acceptors (Lipinski definition) is 3. The zero-order chi connectivity index (χ0) is 16.9. The van der Waals surface area contributed by atoms with Crippen molar-refractivity contribution in [2.24, 2.45) is 4.99 Å². The molecule has 1 aromatic carbocycles. The van der Waals surface area contributed by atoms with Gasteiger partial charge in [-0.3, -0.25) is 14.7 Å². The molecule has 1 saturated heterocycles. The van der Waals surface area contributed by atoms with Crippen molar-refractivity contribution < 1.29 is 9.59 Å². The molecule has 7 heteroatoms. The molecule has 0 bridgehead atoms. The van der Waals surface area contributed by atoms with Gasteiger partial charge in [0.2, 0.25) is 5.91 Å². The van der Waals surface area contributed by atoms with E-state index in [0.29, 0.717) is 25.1 Å². The van der Waals surface area contributed by atoms with Gasteiger partial charge in [-0.2, -0.15) is 0 Å². The molecule has 3 N–H and O–H groups in total. The van der Waals surface area contributed by atoms with Crippen LogP contribution in [0.1, 0.15) is 17.5 Å². The van der Waals surface area contributed by atoms with E-state index in [0.717, 1.165) is 19.3 Å². The van der Waals surface area contributed by atoms with Crippen LogP contribution >= 0.6 is 0 Å². The molecule has 1 unspecified atom stereocenters. The fourth-order valence-corrected chi connectivity index (χ4v) is 3.18. The van der Waals surface area contributed by atoms with Gasteiger partial charge in [-0.25, -0.2) is 4.79 Å². The fourth-order valence-electron chi connectivity index (χ4n) is 3.18. The van der Waals surface area contributed by atoms with Crippen LogP contribution in [0.15, 0.2) is 29.3 Å². The highest BCUT2D eigenvalue weighted by Crippen LogP contribution is 2.20. The third-order valence-corrected chi connectivity index (χ3v) is 4.48. The summed E-state index contributed by atoms with van der Waals surface area (Å²) in [4.78, 5) is 28.5. The molecule has 3 rings (SSSR count). The van der Waals surface area contributed by atoms with E-state index in [9.17, 15) is 9.59 Å². The van der Waals surface area contributed by atoms with Crippen LogP contribution in [0.2, 0.25) is 0 Å². The van der Waals surface area contributed by atoms with Crippen LogP contribution in [0.5, 0.6) is 0 Å². The third-order valence-electron chi connectivity index (χ3n) is 4.48. The van der Waals surface area contributed by atoms with E-state index in [4.69, 9.17) is 0 Å². The van der Waals surface area contributed by atoms with Crippen molar-refractivity contribution in [3.05, 3.63) is 35.4 Å². The lowest BCUT2D eigenvalue weighted by atomic mass is 9.88. The number of carbonyl (C=O) groups is 2. The van der Waals surface area contributed by atoms with E-state index in [1.807, 2.05) is 0 Å². The van der Waals surface area contributed by atoms with Crippen molar-refractivity contribution in [3.8, 4) is 0 Å². The van der Waals surface area contributed by atoms with Crippen molar-refractivity contribution in [1.82, 2.24) is 20.9 Å². The van der Waals surface area contributed by atoms with Crippen LogP contribution in [-0.2, 0) is 17.6 Å². The summed E-state index contributed by atoms with van der Waals surface area (Å²) >= 11 is 0. The van der Waals surface area contributed by atoms with Crippen molar-refractivity contribution in [1.29, 1.82) is 0 Å². The second kappa shape index (κ2) is 7.33. The topological polar surface area (TPSA) is 85.8 Å². The van der Waals surface area contributed by atoms with Gasteiger partial charge in [0.25, 0.3) is 0 Å². The van der Waals surface area contributed by atoms with Gasteiger partial charge in [-0.05, 0) is 30.4 Å². The largest absolute Gasteiger partial charge is 0.355 e. The number of urea groups is 1. The van der Waals surface area contributed by atoms with Crippen molar-refractivity contribution in [2.75, 3.05) is 26.7 Å². The summed E-state index contributed by atoms with van der Waals surface area (Å²) in [6.45, 7) is 0.897. The van der Waals surface area contributed by atoms with E-state index in [-0.39, 0.29) is 18.5 Å². The lowest BCUT2D eigenvalue weighted by molar-refractivity contribution is -0.124. The zero-order valence-electron chi connectivity index (χ0n) is 13.8. The van der Waals surface area contributed by atoms with Gasteiger partial charge in [0.15, 0.2) is 5.96 Å². The molecule has 0 radical (unpaired) electrons. The minimum atomic E-state index is -0.325. The monoisotopic (exact) mass is 329 g/mol.